The number of rotatable bonds is 2. The summed E-state index contributed by atoms with van der Waals surface area (Å²) in [7, 11) is 0. The second-order valence-electron chi connectivity index (χ2n) is 9.57. The van der Waals surface area contributed by atoms with E-state index in [9.17, 15) is 4.79 Å². The largest absolute Gasteiger partial charge is 0.375 e. The zero-order valence-electron chi connectivity index (χ0n) is 17.7. The van der Waals surface area contributed by atoms with Crippen molar-refractivity contribution in [1.29, 1.82) is 0 Å². The summed E-state index contributed by atoms with van der Waals surface area (Å²) >= 11 is 1.59. The summed E-state index contributed by atoms with van der Waals surface area (Å²) < 4.78 is 7.97. The molecule has 0 N–H and O–H groups in total. The predicted molar refractivity (Wildman–Crippen MR) is 118 cm³/mol. The summed E-state index contributed by atoms with van der Waals surface area (Å²) in [4.78, 5) is 19.3. The number of thioether (sulfide) groups is 1. The second-order valence-corrected chi connectivity index (χ2v) is 10.3. The lowest BCUT2D eigenvalue weighted by atomic mass is 9.68. The first-order valence-corrected chi connectivity index (χ1v) is 12.1. The van der Waals surface area contributed by atoms with Crippen LogP contribution < -0.4 is 5.56 Å². The van der Waals surface area contributed by atoms with Crippen LogP contribution in [0.2, 0.25) is 0 Å². The van der Waals surface area contributed by atoms with E-state index in [1.165, 1.54) is 18.4 Å². The van der Waals surface area contributed by atoms with Gasteiger partial charge in [0.1, 0.15) is 0 Å². The van der Waals surface area contributed by atoms with E-state index >= 15 is 0 Å². The molecule has 1 aliphatic heterocycles. The Morgan fingerprint density at radius 2 is 1.97 bits per heavy atom. The molecule has 1 atom stereocenters. The maximum absolute atomic E-state index is 14.1. The van der Waals surface area contributed by atoms with Gasteiger partial charge in [0.15, 0.2) is 5.16 Å². The Labute approximate surface area is 177 Å². The molecule has 154 valence electrons. The number of hydrogen-bond donors (Lipinski definition) is 0. The fraction of sp³-hybridized carbons (Fsp3) is 0.583. The zero-order chi connectivity index (χ0) is 20.2. The Bertz CT molecular complexity index is 1000. The highest BCUT2D eigenvalue weighted by molar-refractivity contribution is 7.98. The van der Waals surface area contributed by atoms with E-state index in [0.717, 1.165) is 54.1 Å². The molecule has 1 saturated carbocycles. The van der Waals surface area contributed by atoms with E-state index in [-0.39, 0.29) is 22.6 Å². The van der Waals surface area contributed by atoms with Gasteiger partial charge in [0.05, 0.1) is 16.9 Å². The summed E-state index contributed by atoms with van der Waals surface area (Å²) in [6, 6.07) is 8.72. The number of benzene rings is 1. The molecule has 5 heteroatoms. The lowest BCUT2D eigenvalue weighted by molar-refractivity contribution is -0.0710. The molecule has 2 fully saturated rings. The van der Waals surface area contributed by atoms with Gasteiger partial charge in [-0.2, -0.15) is 0 Å². The van der Waals surface area contributed by atoms with Crippen molar-refractivity contribution in [1.82, 2.24) is 9.55 Å². The molecule has 3 aliphatic rings. The summed E-state index contributed by atoms with van der Waals surface area (Å²) in [6.07, 6.45) is 9.35. The molecule has 1 saturated heterocycles. The average molecular weight is 411 g/mol. The molecule has 1 aromatic heterocycles. The first kappa shape index (κ1) is 19.4. The zero-order valence-corrected chi connectivity index (χ0v) is 18.5. The van der Waals surface area contributed by atoms with E-state index in [2.05, 4.69) is 38.1 Å². The third-order valence-corrected chi connectivity index (χ3v) is 7.85. The minimum atomic E-state index is -0.203. The van der Waals surface area contributed by atoms with Crippen molar-refractivity contribution in [3.05, 3.63) is 45.7 Å². The van der Waals surface area contributed by atoms with Gasteiger partial charge >= 0.3 is 0 Å². The van der Waals surface area contributed by atoms with Gasteiger partial charge in [-0.05, 0) is 57.8 Å². The number of nitrogens with zero attached hydrogens (tertiary/aromatic N) is 2. The van der Waals surface area contributed by atoms with Crippen molar-refractivity contribution in [2.24, 2.45) is 0 Å². The quantitative estimate of drug-likeness (QED) is 0.508. The van der Waals surface area contributed by atoms with Crippen molar-refractivity contribution >= 4 is 11.8 Å². The van der Waals surface area contributed by atoms with Crippen molar-refractivity contribution in [2.45, 2.75) is 81.0 Å². The summed E-state index contributed by atoms with van der Waals surface area (Å²) in [5.41, 5.74) is 4.43. The minimum Gasteiger partial charge on any atom is -0.375 e. The molecule has 2 heterocycles. The Morgan fingerprint density at radius 1 is 1.21 bits per heavy atom. The maximum Gasteiger partial charge on any atom is 0.258 e. The average Bonchev–Trinajstić information content (AvgIpc) is 3.15. The van der Waals surface area contributed by atoms with Gasteiger partial charge in [0.2, 0.25) is 0 Å². The van der Waals surface area contributed by atoms with E-state index in [1.807, 2.05) is 10.8 Å². The lowest BCUT2D eigenvalue weighted by Gasteiger charge is -2.39. The first-order valence-electron chi connectivity index (χ1n) is 10.9. The molecule has 0 bridgehead atoms. The number of fused-ring (bicyclic) bond motifs is 4. The molecule has 1 spiro atoms. The molecule has 0 amide bonds. The van der Waals surface area contributed by atoms with Crippen molar-refractivity contribution in [2.75, 3.05) is 12.9 Å². The maximum atomic E-state index is 14.1. The predicted octanol–water partition coefficient (Wildman–Crippen LogP) is 5.13. The van der Waals surface area contributed by atoms with Gasteiger partial charge < -0.3 is 4.74 Å². The smallest absolute Gasteiger partial charge is 0.258 e. The Morgan fingerprint density at radius 3 is 2.69 bits per heavy atom. The molecule has 29 heavy (non-hydrogen) atoms. The third-order valence-electron chi connectivity index (χ3n) is 7.19. The molecule has 4 nitrogen and oxygen atoms in total. The fourth-order valence-electron chi connectivity index (χ4n) is 5.91. The first-order chi connectivity index (χ1) is 13.9. The van der Waals surface area contributed by atoms with Gasteiger partial charge in [-0.15, -0.1) is 0 Å². The molecule has 1 unspecified atom stereocenters. The monoisotopic (exact) mass is 410 g/mol. The van der Waals surface area contributed by atoms with Crippen LogP contribution in [0.5, 0.6) is 0 Å². The highest BCUT2D eigenvalue weighted by atomic mass is 32.2. The summed E-state index contributed by atoms with van der Waals surface area (Å²) in [5, 5.41) is 0.848. The number of ether oxygens (including phenoxy) is 1. The van der Waals surface area contributed by atoms with Crippen LogP contribution in [0.4, 0.5) is 0 Å². The number of hydrogen-bond acceptors (Lipinski definition) is 4. The fourth-order valence-corrected chi connectivity index (χ4v) is 6.52. The molecule has 5 rings (SSSR count). The van der Waals surface area contributed by atoms with E-state index in [4.69, 9.17) is 9.72 Å². The molecule has 1 aromatic carbocycles. The second kappa shape index (κ2) is 6.98. The summed E-state index contributed by atoms with van der Waals surface area (Å²) in [6.45, 7) is 4.95. The van der Waals surface area contributed by atoms with Gasteiger partial charge in [-0.1, -0.05) is 48.9 Å². The van der Waals surface area contributed by atoms with Crippen molar-refractivity contribution in [3.63, 3.8) is 0 Å². The van der Waals surface area contributed by atoms with Gasteiger partial charge in [0, 0.05) is 23.6 Å². The van der Waals surface area contributed by atoms with Crippen LogP contribution in [-0.4, -0.2) is 28.0 Å². The SMILES string of the molecule is CSc1nc2c(c(=O)n1C1CCOC(C)(C)C1)C1(CCCC1)Cc1ccccc1-2. The van der Waals surface area contributed by atoms with Crippen LogP contribution in [0.15, 0.2) is 34.2 Å². The van der Waals surface area contributed by atoms with Gasteiger partial charge in [-0.3, -0.25) is 9.36 Å². The highest BCUT2D eigenvalue weighted by Crippen LogP contribution is 2.50. The van der Waals surface area contributed by atoms with Crippen LogP contribution in [-0.2, 0) is 16.6 Å². The summed E-state index contributed by atoms with van der Waals surface area (Å²) in [5.74, 6) is 0. The van der Waals surface area contributed by atoms with Crippen LogP contribution in [0.3, 0.4) is 0 Å². The van der Waals surface area contributed by atoms with Crippen molar-refractivity contribution < 1.29 is 4.74 Å². The minimum absolute atomic E-state index is 0.0346. The van der Waals surface area contributed by atoms with E-state index in [1.54, 1.807) is 11.8 Å². The standard InChI is InChI=1S/C24H30N2O2S/c1-23(2)15-17(10-13-28-23)26-21(27)19-20(25-22(26)29-3)18-9-5-4-8-16(18)14-24(19)11-6-7-12-24/h4-5,8-9,17H,6-7,10-15H2,1-3H3. The highest BCUT2D eigenvalue weighted by Gasteiger charge is 2.45. The molecular formula is C24H30N2O2S. The molecule has 2 aliphatic carbocycles. The van der Waals surface area contributed by atoms with Crippen LogP contribution in [0.25, 0.3) is 11.3 Å². The molecule has 2 aromatic rings. The Hall–Kier alpha value is -1.59. The van der Waals surface area contributed by atoms with Crippen molar-refractivity contribution in [3.8, 4) is 11.3 Å². The van der Waals surface area contributed by atoms with Crippen LogP contribution in [0, 0.1) is 0 Å². The van der Waals surface area contributed by atoms with Crippen LogP contribution >= 0.6 is 11.8 Å². The molecule has 0 radical (unpaired) electrons. The van der Waals surface area contributed by atoms with E-state index < -0.39 is 0 Å². The normalized spacial score (nSPS) is 24.3. The Balaban J connectivity index is 1.76. The van der Waals surface area contributed by atoms with E-state index in [0.29, 0.717) is 6.61 Å². The Kier molecular flexibility index (Phi) is 4.67. The molecular weight excluding hydrogens is 380 g/mol. The number of aromatic nitrogens is 2. The lowest BCUT2D eigenvalue weighted by Crippen LogP contribution is -2.44. The van der Waals surface area contributed by atoms with Gasteiger partial charge in [-0.25, -0.2) is 4.98 Å². The van der Waals surface area contributed by atoms with Crippen LogP contribution in [0.1, 0.15) is 69.5 Å². The van der Waals surface area contributed by atoms with Gasteiger partial charge in [0.25, 0.3) is 5.56 Å². The third kappa shape index (κ3) is 3.09. The topological polar surface area (TPSA) is 44.1 Å².